The number of carbonyl (C=O) groups excluding carboxylic acids is 1. The van der Waals surface area contributed by atoms with Gasteiger partial charge in [0.2, 0.25) is 0 Å². The number of hydrogen-bond acceptors (Lipinski definition) is 6. The number of fused-ring (bicyclic) bond motifs is 1. The smallest absolute Gasteiger partial charge is 0.409 e. The van der Waals surface area contributed by atoms with Crippen LogP contribution in [0.5, 0.6) is 5.75 Å². The lowest BCUT2D eigenvalue weighted by Gasteiger charge is -2.31. The van der Waals surface area contributed by atoms with Gasteiger partial charge in [-0.05, 0) is 80.8 Å². The number of aryl methyl sites for hydroxylation is 2. The van der Waals surface area contributed by atoms with Crippen LogP contribution in [0.1, 0.15) is 54.7 Å². The number of nitrogens with one attached hydrogen (secondary N) is 1. The van der Waals surface area contributed by atoms with Gasteiger partial charge >= 0.3 is 6.09 Å². The molecule has 0 aliphatic heterocycles. The van der Waals surface area contributed by atoms with Gasteiger partial charge in [0.25, 0.3) is 0 Å². The van der Waals surface area contributed by atoms with Crippen LogP contribution in [0.15, 0.2) is 60.7 Å². The Hall–Kier alpha value is -4.22. The Morgan fingerprint density at radius 2 is 1.92 bits per heavy atom. The lowest BCUT2D eigenvalue weighted by atomic mass is 9.78. The SMILES string of the molecule is CNC1CCC(c2c(CCCn3nnc4cc(C#N)ccc43)ccc(-c3ccccc3)c2OC(N)=O)CC1. The van der Waals surface area contributed by atoms with Crippen LogP contribution in [0.4, 0.5) is 4.79 Å². The fraction of sp³-hybridized carbons (Fsp3) is 0.333. The Labute approximate surface area is 222 Å². The normalized spacial score (nSPS) is 17.3. The summed E-state index contributed by atoms with van der Waals surface area (Å²) in [5.41, 5.74) is 11.9. The highest BCUT2D eigenvalue weighted by molar-refractivity contribution is 5.79. The van der Waals surface area contributed by atoms with Gasteiger partial charge in [0, 0.05) is 23.7 Å². The first-order chi connectivity index (χ1) is 18.6. The third-order valence-electron chi connectivity index (χ3n) is 7.58. The maximum Gasteiger partial charge on any atom is 0.409 e. The van der Waals surface area contributed by atoms with Gasteiger partial charge in [0.1, 0.15) is 11.3 Å². The summed E-state index contributed by atoms with van der Waals surface area (Å²) in [5.74, 6) is 0.869. The number of primary amides is 1. The number of nitrogens with two attached hydrogens (primary N) is 1. The number of nitrogens with zero attached hydrogens (tertiary/aromatic N) is 4. The summed E-state index contributed by atoms with van der Waals surface area (Å²) >= 11 is 0. The van der Waals surface area contributed by atoms with Gasteiger partial charge in [-0.2, -0.15) is 5.26 Å². The van der Waals surface area contributed by atoms with Crippen molar-refractivity contribution in [3.8, 4) is 22.9 Å². The molecule has 1 aliphatic rings. The van der Waals surface area contributed by atoms with E-state index in [4.69, 9.17) is 15.7 Å². The summed E-state index contributed by atoms with van der Waals surface area (Å²) in [6.45, 7) is 0.681. The van der Waals surface area contributed by atoms with Crippen LogP contribution in [0.2, 0.25) is 0 Å². The molecule has 4 aromatic rings. The molecule has 0 radical (unpaired) electrons. The quantitative estimate of drug-likeness (QED) is 0.333. The molecule has 0 spiro atoms. The minimum atomic E-state index is -0.796. The van der Waals surface area contributed by atoms with Crippen LogP contribution in [-0.4, -0.2) is 34.2 Å². The van der Waals surface area contributed by atoms with E-state index in [1.807, 2.05) is 54.2 Å². The molecule has 1 fully saturated rings. The minimum Gasteiger partial charge on any atom is -0.410 e. The first-order valence-electron chi connectivity index (χ1n) is 13.2. The standard InChI is InChI=1S/C30H32N6O2/c1-33-24-13-10-23(11-14-24)28-22(8-5-17-36-27-16-9-20(19-31)18-26(27)34-35-36)12-15-25(29(28)38-30(32)37)21-6-3-2-4-7-21/h2-4,6-7,9,12,15-16,18,23-24,33H,5,8,10-11,13-14,17H2,1H3,(H2,32,37). The van der Waals surface area contributed by atoms with E-state index in [0.29, 0.717) is 23.9 Å². The van der Waals surface area contributed by atoms with Gasteiger partial charge in [0.15, 0.2) is 0 Å². The highest BCUT2D eigenvalue weighted by Crippen LogP contribution is 2.44. The van der Waals surface area contributed by atoms with Crippen molar-refractivity contribution in [1.29, 1.82) is 5.26 Å². The van der Waals surface area contributed by atoms with Crippen LogP contribution < -0.4 is 15.8 Å². The Kier molecular flexibility index (Phi) is 7.66. The second kappa shape index (κ2) is 11.4. The zero-order chi connectivity index (χ0) is 26.5. The molecule has 194 valence electrons. The van der Waals surface area contributed by atoms with Gasteiger partial charge in [-0.25, -0.2) is 9.48 Å². The predicted octanol–water partition coefficient (Wildman–Crippen LogP) is 5.31. The lowest BCUT2D eigenvalue weighted by molar-refractivity contribution is 0.210. The number of nitriles is 1. The topological polar surface area (TPSA) is 119 Å². The van der Waals surface area contributed by atoms with Crippen molar-refractivity contribution in [2.45, 2.75) is 57.0 Å². The van der Waals surface area contributed by atoms with E-state index in [9.17, 15) is 4.79 Å². The van der Waals surface area contributed by atoms with Crippen LogP contribution in [0.25, 0.3) is 22.2 Å². The number of aromatic nitrogens is 3. The Morgan fingerprint density at radius 3 is 2.63 bits per heavy atom. The maximum absolute atomic E-state index is 12.1. The Morgan fingerprint density at radius 1 is 1.13 bits per heavy atom. The molecule has 0 unspecified atom stereocenters. The van der Waals surface area contributed by atoms with E-state index in [1.165, 1.54) is 5.56 Å². The lowest BCUT2D eigenvalue weighted by Crippen LogP contribution is -2.30. The molecule has 5 rings (SSSR count). The van der Waals surface area contributed by atoms with Crippen molar-refractivity contribution in [2.24, 2.45) is 5.73 Å². The second-order valence-corrected chi connectivity index (χ2v) is 9.87. The van der Waals surface area contributed by atoms with E-state index in [-0.39, 0.29) is 5.92 Å². The molecule has 1 heterocycles. The molecule has 1 aromatic heterocycles. The van der Waals surface area contributed by atoms with Gasteiger partial charge in [0.05, 0.1) is 17.1 Å². The summed E-state index contributed by atoms with van der Waals surface area (Å²) in [6, 6.07) is 22.3. The van der Waals surface area contributed by atoms with Crippen LogP contribution in [-0.2, 0) is 13.0 Å². The van der Waals surface area contributed by atoms with E-state index in [1.54, 1.807) is 12.1 Å². The fourth-order valence-electron chi connectivity index (χ4n) is 5.66. The van der Waals surface area contributed by atoms with Crippen LogP contribution in [0, 0.1) is 11.3 Å². The molecule has 0 bridgehead atoms. The summed E-state index contributed by atoms with van der Waals surface area (Å²) in [4.78, 5) is 12.1. The summed E-state index contributed by atoms with van der Waals surface area (Å²) < 4.78 is 7.66. The second-order valence-electron chi connectivity index (χ2n) is 9.87. The number of rotatable bonds is 8. The van der Waals surface area contributed by atoms with E-state index in [2.05, 4.69) is 27.8 Å². The van der Waals surface area contributed by atoms with Gasteiger partial charge in [-0.1, -0.05) is 47.7 Å². The molecule has 38 heavy (non-hydrogen) atoms. The molecule has 0 saturated heterocycles. The third kappa shape index (κ3) is 5.38. The van der Waals surface area contributed by atoms with Crippen LogP contribution in [0.3, 0.4) is 0 Å². The first kappa shape index (κ1) is 25.4. The molecule has 1 aliphatic carbocycles. The zero-order valence-electron chi connectivity index (χ0n) is 21.6. The summed E-state index contributed by atoms with van der Waals surface area (Å²) in [6.07, 6.45) is 5.00. The molecule has 1 amide bonds. The largest absolute Gasteiger partial charge is 0.410 e. The van der Waals surface area contributed by atoms with E-state index < -0.39 is 6.09 Å². The molecule has 1 saturated carbocycles. The van der Waals surface area contributed by atoms with Crippen molar-refractivity contribution in [3.63, 3.8) is 0 Å². The number of ether oxygens (including phenoxy) is 1. The maximum atomic E-state index is 12.1. The average molecular weight is 509 g/mol. The zero-order valence-corrected chi connectivity index (χ0v) is 21.6. The minimum absolute atomic E-state index is 0.282. The predicted molar refractivity (Wildman–Crippen MR) is 147 cm³/mol. The van der Waals surface area contributed by atoms with Crippen molar-refractivity contribution in [3.05, 3.63) is 77.4 Å². The van der Waals surface area contributed by atoms with Crippen molar-refractivity contribution < 1.29 is 9.53 Å². The van der Waals surface area contributed by atoms with Gasteiger partial charge in [-0.3, -0.25) is 0 Å². The van der Waals surface area contributed by atoms with E-state index in [0.717, 1.165) is 66.2 Å². The fourth-order valence-corrected chi connectivity index (χ4v) is 5.66. The molecular weight excluding hydrogens is 476 g/mol. The monoisotopic (exact) mass is 508 g/mol. The number of carbonyl (C=O) groups is 1. The van der Waals surface area contributed by atoms with E-state index >= 15 is 0 Å². The summed E-state index contributed by atoms with van der Waals surface area (Å²) in [5, 5.41) is 21.1. The number of hydrogen-bond donors (Lipinski definition) is 2. The molecule has 0 atom stereocenters. The highest BCUT2D eigenvalue weighted by Gasteiger charge is 2.28. The van der Waals surface area contributed by atoms with Gasteiger partial charge in [-0.15, -0.1) is 5.10 Å². The molecule has 8 nitrogen and oxygen atoms in total. The molecule has 3 N–H and O–H groups in total. The van der Waals surface area contributed by atoms with Crippen molar-refractivity contribution in [2.75, 3.05) is 7.05 Å². The summed E-state index contributed by atoms with van der Waals surface area (Å²) in [7, 11) is 2.02. The molecule has 3 aromatic carbocycles. The Bertz CT molecular complexity index is 1470. The van der Waals surface area contributed by atoms with Crippen molar-refractivity contribution in [1.82, 2.24) is 20.3 Å². The number of amides is 1. The molecular formula is C30H32N6O2. The third-order valence-corrected chi connectivity index (χ3v) is 7.58. The van der Waals surface area contributed by atoms with Gasteiger partial charge < -0.3 is 15.8 Å². The first-order valence-corrected chi connectivity index (χ1v) is 13.2. The van der Waals surface area contributed by atoms with Crippen LogP contribution >= 0.6 is 0 Å². The highest BCUT2D eigenvalue weighted by atomic mass is 16.5. The number of benzene rings is 3. The molecule has 8 heteroatoms. The average Bonchev–Trinajstić information content (AvgIpc) is 3.35. The van der Waals surface area contributed by atoms with Crippen molar-refractivity contribution >= 4 is 17.1 Å². The Balaban J connectivity index is 1.47.